The predicted octanol–water partition coefficient (Wildman–Crippen LogP) is 3.09. The maximum atomic E-state index is 14.0. The SMILES string of the molecule is CCC1(c2ccccc2)NC(=O)N(NC(=O)c2ccc(Br)cc2F)C1=O. The molecule has 1 fully saturated rings. The average molecular weight is 420 g/mol. The van der Waals surface area contributed by atoms with Crippen molar-refractivity contribution in [3.05, 3.63) is 69.9 Å². The van der Waals surface area contributed by atoms with Crippen LogP contribution in [0.25, 0.3) is 0 Å². The summed E-state index contributed by atoms with van der Waals surface area (Å²) in [6, 6.07) is 11.9. The van der Waals surface area contributed by atoms with E-state index < -0.39 is 29.2 Å². The van der Waals surface area contributed by atoms with Crippen molar-refractivity contribution in [1.82, 2.24) is 15.8 Å². The molecule has 2 aromatic carbocycles. The zero-order chi connectivity index (χ0) is 18.9. The number of imide groups is 1. The molecular weight excluding hydrogens is 405 g/mol. The molecule has 2 aromatic rings. The minimum Gasteiger partial charge on any atom is -0.318 e. The highest BCUT2D eigenvalue weighted by Gasteiger charge is 2.52. The summed E-state index contributed by atoms with van der Waals surface area (Å²) in [7, 11) is 0. The van der Waals surface area contributed by atoms with Crippen molar-refractivity contribution in [2.24, 2.45) is 0 Å². The summed E-state index contributed by atoms with van der Waals surface area (Å²) in [5.41, 5.74) is 1.25. The van der Waals surface area contributed by atoms with Gasteiger partial charge in [0.15, 0.2) is 0 Å². The van der Waals surface area contributed by atoms with Gasteiger partial charge < -0.3 is 5.32 Å². The topological polar surface area (TPSA) is 78.5 Å². The van der Waals surface area contributed by atoms with Gasteiger partial charge in [0.25, 0.3) is 11.8 Å². The standard InChI is InChI=1S/C18H15BrFN3O3/c1-2-18(11-6-4-3-5-7-11)16(25)23(17(26)21-18)22-15(24)13-9-8-12(19)10-14(13)20/h3-10H,2H2,1H3,(H,21,26)(H,22,24). The molecule has 0 bridgehead atoms. The fourth-order valence-corrected chi connectivity index (χ4v) is 3.21. The molecule has 134 valence electrons. The number of hydrogen-bond acceptors (Lipinski definition) is 3. The third kappa shape index (κ3) is 2.96. The number of carbonyl (C=O) groups is 3. The van der Waals surface area contributed by atoms with Crippen LogP contribution in [0.5, 0.6) is 0 Å². The van der Waals surface area contributed by atoms with E-state index in [9.17, 15) is 18.8 Å². The third-order valence-corrected chi connectivity index (χ3v) is 4.77. The molecule has 1 unspecified atom stereocenters. The molecule has 0 aliphatic carbocycles. The van der Waals surface area contributed by atoms with Crippen molar-refractivity contribution in [2.75, 3.05) is 0 Å². The summed E-state index contributed by atoms with van der Waals surface area (Å²) in [6.07, 6.45) is 0.292. The first kappa shape index (κ1) is 18.1. The maximum absolute atomic E-state index is 14.0. The fraction of sp³-hybridized carbons (Fsp3) is 0.167. The molecule has 1 saturated heterocycles. The summed E-state index contributed by atoms with van der Waals surface area (Å²) < 4.78 is 14.4. The van der Waals surface area contributed by atoms with Crippen molar-refractivity contribution >= 4 is 33.8 Å². The molecule has 2 N–H and O–H groups in total. The van der Waals surface area contributed by atoms with Gasteiger partial charge in [-0.3, -0.25) is 15.0 Å². The molecule has 3 rings (SSSR count). The van der Waals surface area contributed by atoms with Crippen molar-refractivity contribution in [1.29, 1.82) is 0 Å². The van der Waals surface area contributed by atoms with Crippen molar-refractivity contribution in [3.63, 3.8) is 0 Å². The van der Waals surface area contributed by atoms with Crippen LogP contribution in [0.3, 0.4) is 0 Å². The number of urea groups is 1. The number of halogens is 2. The van der Waals surface area contributed by atoms with E-state index in [0.29, 0.717) is 21.5 Å². The van der Waals surface area contributed by atoms with Gasteiger partial charge in [0.05, 0.1) is 5.56 Å². The van der Waals surface area contributed by atoms with Gasteiger partial charge in [-0.1, -0.05) is 53.2 Å². The van der Waals surface area contributed by atoms with Gasteiger partial charge in [0, 0.05) is 4.47 Å². The summed E-state index contributed by atoms with van der Waals surface area (Å²) in [5.74, 6) is -2.28. The summed E-state index contributed by atoms with van der Waals surface area (Å²) in [6.45, 7) is 1.75. The molecule has 8 heteroatoms. The lowest BCUT2D eigenvalue weighted by Gasteiger charge is -2.25. The Balaban J connectivity index is 1.88. The predicted molar refractivity (Wildman–Crippen MR) is 95.4 cm³/mol. The molecule has 0 spiro atoms. The van der Waals surface area contributed by atoms with Crippen LogP contribution in [0.1, 0.15) is 29.3 Å². The number of amides is 4. The first-order valence-corrected chi connectivity index (χ1v) is 8.66. The lowest BCUT2D eigenvalue weighted by atomic mass is 9.87. The van der Waals surface area contributed by atoms with E-state index in [1.54, 1.807) is 37.3 Å². The Labute approximate surface area is 157 Å². The largest absolute Gasteiger partial charge is 0.344 e. The fourth-order valence-electron chi connectivity index (χ4n) is 2.87. The van der Waals surface area contributed by atoms with E-state index in [1.165, 1.54) is 12.1 Å². The Bertz CT molecular complexity index is 891. The molecule has 1 aliphatic rings. The molecule has 0 aromatic heterocycles. The van der Waals surface area contributed by atoms with Crippen LogP contribution >= 0.6 is 15.9 Å². The molecule has 26 heavy (non-hydrogen) atoms. The monoisotopic (exact) mass is 419 g/mol. The smallest absolute Gasteiger partial charge is 0.318 e. The quantitative estimate of drug-likeness (QED) is 0.747. The van der Waals surface area contributed by atoms with Crippen molar-refractivity contribution in [2.45, 2.75) is 18.9 Å². The Morgan fingerprint density at radius 3 is 2.54 bits per heavy atom. The summed E-state index contributed by atoms with van der Waals surface area (Å²) >= 11 is 3.10. The van der Waals surface area contributed by atoms with E-state index in [0.717, 1.165) is 6.07 Å². The second kappa shape index (κ2) is 6.87. The number of hydrogen-bond donors (Lipinski definition) is 2. The molecule has 0 radical (unpaired) electrons. The van der Waals surface area contributed by atoms with E-state index in [1.807, 2.05) is 0 Å². The van der Waals surface area contributed by atoms with Crippen LogP contribution in [-0.4, -0.2) is 22.9 Å². The van der Waals surface area contributed by atoms with Crippen LogP contribution < -0.4 is 10.7 Å². The van der Waals surface area contributed by atoms with E-state index in [2.05, 4.69) is 26.7 Å². The molecule has 0 saturated carbocycles. The van der Waals surface area contributed by atoms with Crippen LogP contribution in [0.2, 0.25) is 0 Å². The Morgan fingerprint density at radius 1 is 1.23 bits per heavy atom. The number of carbonyl (C=O) groups excluding carboxylic acids is 3. The second-order valence-electron chi connectivity index (χ2n) is 5.76. The highest BCUT2D eigenvalue weighted by atomic mass is 79.9. The molecule has 1 aliphatic heterocycles. The average Bonchev–Trinajstić information content (AvgIpc) is 2.87. The Hall–Kier alpha value is -2.74. The number of hydrazine groups is 1. The highest BCUT2D eigenvalue weighted by molar-refractivity contribution is 9.10. The van der Waals surface area contributed by atoms with Gasteiger partial charge in [0.1, 0.15) is 11.4 Å². The molecule has 1 atom stereocenters. The zero-order valence-corrected chi connectivity index (χ0v) is 15.3. The second-order valence-corrected chi connectivity index (χ2v) is 6.68. The van der Waals surface area contributed by atoms with Crippen LogP contribution in [0.15, 0.2) is 53.0 Å². The maximum Gasteiger partial charge on any atom is 0.344 e. The molecule has 4 amide bonds. The van der Waals surface area contributed by atoms with Gasteiger partial charge >= 0.3 is 6.03 Å². The molecule has 6 nitrogen and oxygen atoms in total. The van der Waals surface area contributed by atoms with E-state index in [4.69, 9.17) is 0 Å². The number of nitrogens with zero attached hydrogens (tertiary/aromatic N) is 1. The van der Waals surface area contributed by atoms with Gasteiger partial charge in [0.2, 0.25) is 0 Å². The van der Waals surface area contributed by atoms with Crippen LogP contribution in [0.4, 0.5) is 9.18 Å². The Kier molecular flexibility index (Phi) is 4.78. The van der Waals surface area contributed by atoms with Crippen LogP contribution in [0, 0.1) is 5.82 Å². The third-order valence-electron chi connectivity index (χ3n) is 4.28. The lowest BCUT2D eigenvalue weighted by Crippen LogP contribution is -2.48. The van der Waals surface area contributed by atoms with E-state index in [-0.39, 0.29) is 5.56 Å². The first-order valence-electron chi connectivity index (χ1n) is 7.87. The summed E-state index contributed by atoms with van der Waals surface area (Å²) in [4.78, 5) is 37.5. The van der Waals surface area contributed by atoms with Crippen molar-refractivity contribution in [3.8, 4) is 0 Å². The van der Waals surface area contributed by atoms with Gasteiger partial charge in [-0.15, -0.1) is 0 Å². The number of nitrogens with one attached hydrogen (secondary N) is 2. The number of benzene rings is 2. The first-order chi connectivity index (χ1) is 12.4. The number of rotatable bonds is 4. The molecule has 1 heterocycles. The minimum atomic E-state index is -1.27. The zero-order valence-electron chi connectivity index (χ0n) is 13.8. The van der Waals surface area contributed by atoms with Crippen LogP contribution in [-0.2, 0) is 10.3 Å². The van der Waals surface area contributed by atoms with Gasteiger partial charge in [-0.2, -0.15) is 5.01 Å². The van der Waals surface area contributed by atoms with Crippen molar-refractivity contribution < 1.29 is 18.8 Å². The van der Waals surface area contributed by atoms with Gasteiger partial charge in [-0.25, -0.2) is 9.18 Å². The minimum absolute atomic E-state index is 0.275. The normalized spacial score (nSPS) is 19.4. The molecular formula is C18H15BrFN3O3. The highest BCUT2D eigenvalue weighted by Crippen LogP contribution is 2.31. The lowest BCUT2D eigenvalue weighted by molar-refractivity contribution is -0.133. The van der Waals surface area contributed by atoms with E-state index >= 15 is 0 Å². The Morgan fingerprint density at radius 2 is 1.92 bits per heavy atom. The van der Waals surface area contributed by atoms with Gasteiger partial charge in [-0.05, 0) is 30.2 Å². The summed E-state index contributed by atoms with van der Waals surface area (Å²) in [5, 5.41) is 3.23.